The number of rotatable bonds is 3. The van der Waals surface area contributed by atoms with Crippen LogP contribution in [0.3, 0.4) is 0 Å². The molecule has 1 heterocycles. The number of anilines is 2. The molecular formula is C17H19N3O. The molecule has 0 saturated heterocycles. The van der Waals surface area contributed by atoms with Gasteiger partial charge in [-0.15, -0.1) is 0 Å². The zero-order valence-corrected chi connectivity index (χ0v) is 12.4. The Morgan fingerprint density at radius 1 is 1.24 bits per heavy atom. The Hall–Kier alpha value is -2.23. The number of aromatic nitrogens is 2. The Labute approximate surface area is 124 Å². The van der Waals surface area contributed by atoms with Crippen LogP contribution in [0.1, 0.15) is 41.9 Å². The third-order valence-electron chi connectivity index (χ3n) is 3.86. The van der Waals surface area contributed by atoms with E-state index < -0.39 is 0 Å². The summed E-state index contributed by atoms with van der Waals surface area (Å²) in [6, 6.07) is 8.23. The van der Waals surface area contributed by atoms with Gasteiger partial charge in [0, 0.05) is 18.3 Å². The molecule has 1 N–H and O–H groups in total. The van der Waals surface area contributed by atoms with Crippen LogP contribution in [0, 0.1) is 5.92 Å². The minimum atomic E-state index is 0.155. The average molecular weight is 281 g/mol. The molecule has 1 aliphatic rings. The van der Waals surface area contributed by atoms with Crippen LogP contribution in [0.15, 0.2) is 30.5 Å². The third-order valence-corrected chi connectivity index (χ3v) is 3.86. The van der Waals surface area contributed by atoms with E-state index in [-0.39, 0.29) is 5.78 Å². The number of ketones is 1. The van der Waals surface area contributed by atoms with Gasteiger partial charge < -0.3 is 5.32 Å². The number of Topliss-reactive ketones (excluding diaryl/α,β-unsaturated/α-hetero) is 1. The van der Waals surface area contributed by atoms with Crippen molar-refractivity contribution < 1.29 is 4.79 Å². The summed E-state index contributed by atoms with van der Waals surface area (Å²) in [5.74, 6) is 1.07. The van der Waals surface area contributed by atoms with E-state index >= 15 is 0 Å². The molecule has 4 nitrogen and oxygen atoms in total. The van der Waals surface area contributed by atoms with E-state index in [9.17, 15) is 4.79 Å². The maximum Gasteiger partial charge on any atom is 0.227 e. The molecule has 0 radical (unpaired) electrons. The molecule has 108 valence electrons. The number of aryl methyl sites for hydroxylation is 1. The number of hydrogen-bond acceptors (Lipinski definition) is 4. The van der Waals surface area contributed by atoms with Crippen LogP contribution in [0.2, 0.25) is 0 Å². The normalized spacial score (nSPS) is 17.4. The van der Waals surface area contributed by atoms with Crippen molar-refractivity contribution in [2.24, 2.45) is 5.92 Å². The minimum absolute atomic E-state index is 0.155. The second-order valence-corrected chi connectivity index (χ2v) is 5.67. The lowest BCUT2D eigenvalue weighted by molar-refractivity contribution is 0.0951. The smallest absolute Gasteiger partial charge is 0.227 e. The zero-order valence-electron chi connectivity index (χ0n) is 12.4. The van der Waals surface area contributed by atoms with Gasteiger partial charge in [0.2, 0.25) is 5.95 Å². The monoisotopic (exact) mass is 281 g/mol. The lowest BCUT2D eigenvalue weighted by Gasteiger charge is -2.19. The summed E-state index contributed by atoms with van der Waals surface area (Å²) in [5, 5.41) is 3.20. The number of carbonyl (C=O) groups excluding carboxylic acids is 1. The highest BCUT2D eigenvalue weighted by atomic mass is 16.1. The van der Waals surface area contributed by atoms with Crippen molar-refractivity contribution >= 4 is 17.4 Å². The highest BCUT2D eigenvalue weighted by Gasteiger charge is 2.24. The molecule has 0 fully saturated rings. The molecule has 0 saturated carbocycles. The van der Waals surface area contributed by atoms with E-state index in [0.717, 1.165) is 24.2 Å². The van der Waals surface area contributed by atoms with E-state index in [2.05, 4.69) is 41.3 Å². The molecule has 0 aliphatic heterocycles. The summed E-state index contributed by atoms with van der Waals surface area (Å²) in [6.07, 6.45) is 4.11. The number of fused-ring (bicyclic) bond motifs is 1. The van der Waals surface area contributed by atoms with Crippen molar-refractivity contribution in [3.63, 3.8) is 0 Å². The van der Waals surface area contributed by atoms with Crippen LogP contribution in [0.4, 0.5) is 11.6 Å². The van der Waals surface area contributed by atoms with E-state index in [1.807, 2.05) is 12.1 Å². The Morgan fingerprint density at radius 3 is 2.71 bits per heavy atom. The first-order chi connectivity index (χ1) is 10.2. The Balaban J connectivity index is 1.83. The molecule has 21 heavy (non-hydrogen) atoms. The van der Waals surface area contributed by atoms with Gasteiger partial charge in [0.15, 0.2) is 5.78 Å². The number of nitrogens with one attached hydrogen (secondary N) is 1. The van der Waals surface area contributed by atoms with Gasteiger partial charge in [-0.2, -0.15) is 0 Å². The molecule has 1 aromatic carbocycles. The van der Waals surface area contributed by atoms with Crippen molar-refractivity contribution in [1.29, 1.82) is 0 Å². The van der Waals surface area contributed by atoms with Crippen LogP contribution >= 0.6 is 0 Å². The van der Waals surface area contributed by atoms with E-state index in [1.165, 1.54) is 5.56 Å². The number of nitrogens with zero attached hydrogens (tertiary/aromatic N) is 2. The van der Waals surface area contributed by atoms with Crippen LogP contribution < -0.4 is 5.32 Å². The van der Waals surface area contributed by atoms with Gasteiger partial charge in [0.25, 0.3) is 0 Å². The largest absolute Gasteiger partial charge is 0.324 e. The molecule has 1 atom stereocenters. The van der Waals surface area contributed by atoms with E-state index in [4.69, 9.17) is 0 Å². The number of hydrogen-bond donors (Lipinski definition) is 1. The molecule has 3 rings (SSSR count). The van der Waals surface area contributed by atoms with E-state index in [1.54, 1.807) is 6.20 Å². The molecular weight excluding hydrogens is 262 g/mol. The lowest BCUT2D eigenvalue weighted by Crippen LogP contribution is -2.20. The summed E-state index contributed by atoms with van der Waals surface area (Å²) in [4.78, 5) is 20.7. The maximum atomic E-state index is 11.9. The van der Waals surface area contributed by atoms with Crippen molar-refractivity contribution in [2.75, 3.05) is 5.32 Å². The summed E-state index contributed by atoms with van der Waals surface area (Å²) in [6.45, 7) is 4.22. The molecule has 2 aromatic rings. The van der Waals surface area contributed by atoms with Crippen molar-refractivity contribution in [2.45, 2.75) is 33.1 Å². The van der Waals surface area contributed by atoms with Gasteiger partial charge >= 0.3 is 0 Å². The average Bonchev–Trinajstić information content (AvgIpc) is 2.47. The molecule has 1 aliphatic carbocycles. The van der Waals surface area contributed by atoms with Crippen LogP contribution in [0.5, 0.6) is 0 Å². The molecule has 0 spiro atoms. The summed E-state index contributed by atoms with van der Waals surface area (Å²) in [5.41, 5.74) is 3.80. The van der Waals surface area contributed by atoms with Crippen molar-refractivity contribution in [3.05, 3.63) is 47.3 Å². The number of carbonyl (C=O) groups is 1. The highest BCUT2D eigenvalue weighted by molar-refractivity contribution is 5.98. The summed E-state index contributed by atoms with van der Waals surface area (Å²) < 4.78 is 0. The van der Waals surface area contributed by atoms with Gasteiger partial charge in [-0.05, 0) is 36.5 Å². The fourth-order valence-corrected chi connectivity index (χ4v) is 2.65. The highest BCUT2D eigenvalue weighted by Crippen LogP contribution is 2.24. The first-order valence-electron chi connectivity index (χ1n) is 7.40. The second-order valence-electron chi connectivity index (χ2n) is 5.67. The lowest BCUT2D eigenvalue weighted by atomic mass is 9.88. The Kier molecular flexibility index (Phi) is 3.69. The van der Waals surface area contributed by atoms with Gasteiger partial charge in [0.05, 0.1) is 11.3 Å². The molecule has 0 amide bonds. The minimum Gasteiger partial charge on any atom is -0.324 e. The predicted octanol–water partition coefficient (Wildman–Crippen LogP) is 3.55. The van der Waals surface area contributed by atoms with Crippen LogP contribution in [-0.2, 0) is 12.8 Å². The second kappa shape index (κ2) is 5.64. The predicted molar refractivity (Wildman–Crippen MR) is 83.0 cm³/mol. The van der Waals surface area contributed by atoms with Crippen LogP contribution in [-0.4, -0.2) is 15.8 Å². The maximum absolute atomic E-state index is 11.9. The Morgan fingerprint density at radius 2 is 2.00 bits per heavy atom. The molecule has 0 bridgehead atoms. The van der Waals surface area contributed by atoms with Crippen LogP contribution in [0.25, 0.3) is 0 Å². The van der Waals surface area contributed by atoms with Gasteiger partial charge in [-0.1, -0.05) is 26.0 Å². The zero-order chi connectivity index (χ0) is 14.8. The molecule has 0 unspecified atom stereocenters. The molecule has 1 aromatic heterocycles. The fraction of sp³-hybridized carbons (Fsp3) is 0.353. The first kappa shape index (κ1) is 13.7. The van der Waals surface area contributed by atoms with Gasteiger partial charge in [-0.3, -0.25) is 4.79 Å². The van der Waals surface area contributed by atoms with Gasteiger partial charge in [-0.25, -0.2) is 9.97 Å². The van der Waals surface area contributed by atoms with E-state index in [0.29, 0.717) is 23.9 Å². The third kappa shape index (κ3) is 2.94. The molecule has 4 heteroatoms. The van der Waals surface area contributed by atoms with Crippen molar-refractivity contribution in [1.82, 2.24) is 9.97 Å². The van der Waals surface area contributed by atoms with Gasteiger partial charge in [0.1, 0.15) is 0 Å². The summed E-state index contributed by atoms with van der Waals surface area (Å²) in [7, 11) is 0. The standard InChI is InChI=1S/C17H19N3O/c1-3-12-4-6-13(7-5-12)19-17-18-10-14-15(20-17)8-11(2)9-16(14)21/h4-7,10-11H,3,8-9H2,1-2H3,(H,18,19,20)/t11-/m0/s1. The Bertz CT molecular complexity index is 664. The fourth-order valence-electron chi connectivity index (χ4n) is 2.65. The SMILES string of the molecule is CCc1ccc(Nc2ncc3c(n2)C[C@H](C)CC3=O)cc1. The summed E-state index contributed by atoms with van der Waals surface area (Å²) >= 11 is 0. The first-order valence-corrected chi connectivity index (χ1v) is 7.40. The van der Waals surface area contributed by atoms with Crippen molar-refractivity contribution in [3.8, 4) is 0 Å². The number of benzene rings is 1. The quantitative estimate of drug-likeness (QED) is 0.934. The topological polar surface area (TPSA) is 54.9 Å².